The number of nitrogens with two attached hydrogens (primary N) is 1. The van der Waals surface area contributed by atoms with E-state index in [1.165, 1.54) is 11.3 Å². The maximum absolute atomic E-state index is 12.2. The number of carbonyl (C=O) groups is 2. The van der Waals surface area contributed by atoms with Gasteiger partial charge in [-0.15, -0.1) is 11.3 Å². The number of aromatic nitrogens is 2. The molecule has 6 nitrogen and oxygen atoms in total. The summed E-state index contributed by atoms with van der Waals surface area (Å²) in [6.45, 7) is -0.459. The van der Waals surface area contributed by atoms with Gasteiger partial charge in [-0.25, -0.2) is 9.48 Å². The van der Waals surface area contributed by atoms with Crippen LogP contribution in [0.3, 0.4) is 0 Å². The molecule has 0 aliphatic heterocycles. The fourth-order valence-electron chi connectivity index (χ4n) is 2.05. The number of benzene rings is 1. The van der Waals surface area contributed by atoms with Gasteiger partial charge in [0.25, 0.3) is 5.91 Å². The minimum atomic E-state index is -0.702. The first-order valence-corrected chi connectivity index (χ1v) is 7.67. The first-order valence-electron chi connectivity index (χ1n) is 6.79. The first-order chi connectivity index (χ1) is 11.1. The van der Waals surface area contributed by atoms with Crippen molar-refractivity contribution in [1.82, 2.24) is 9.78 Å². The summed E-state index contributed by atoms with van der Waals surface area (Å²) in [5.74, 6) is -1.33. The summed E-state index contributed by atoms with van der Waals surface area (Å²) < 4.78 is 6.52. The summed E-state index contributed by atoms with van der Waals surface area (Å²) in [6.07, 6.45) is 1.59. The number of thiophene rings is 1. The number of hydrogen-bond acceptors (Lipinski definition) is 5. The predicted molar refractivity (Wildman–Crippen MR) is 86.4 cm³/mol. The quantitative estimate of drug-likeness (QED) is 0.728. The van der Waals surface area contributed by atoms with Gasteiger partial charge < -0.3 is 10.5 Å². The van der Waals surface area contributed by atoms with Crippen LogP contribution < -0.4 is 5.73 Å². The van der Waals surface area contributed by atoms with Crippen LogP contribution in [0.1, 0.15) is 10.4 Å². The molecule has 1 aromatic carbocycles. The van der Waals surface area contributed by atoms with E-state index in [9.17, 15) is 9.59 Å². The molecule has 23 heavy (non-hydrogen) atoms. The Morgan fingerprint density at radius 2 is 1.96 bits per heavy atom. The minimum absolute atomic E-state index is 0.289. The zero-order valence-electron chi connectivity index (χ0n) is 12.0. The SMILES string of the molecule is NC(=O)COC(=O)c1cn(-c2ccccc2)nc1-c1cccs1. The average Bonchev–Trinajstić information content (AvgIpc) is 3.22. The lowest BCUT2D eigenvalue weighted by Crippen LogP contribution is -2.21. The molecule has 0 radical (unpaired) electrons. The second-order valence-corrected chi connectivity index (χ2v) is 5.64. The van der Waals surface area contributed by atoms with Crippen LogP contribution in [-0.2, 0) is 9.53 Å². The third kappa shape index (κ3) is 3.29. The Morgan fingerprint density at radius 3 is 2.61 bits per heavy atom. The van der Waals surface area contributed by atoms with Crippen molar-refractivity contribution >= 4 is 23.2 Å². The van der Waals surface area contributed by atoms with Crippen molar-refractivity contribution in [3.8, 4) is 16.3 Å². The number of esters is 1. The molecule has 1 amide bonds. The Kier molecular flexibility index (Phi) is 4.20. The fraction of sp³-hybridized carbons (Fsp3) is 0.0625. The number of carbonyl (C=O) groups excluding carboxylic acids is 2. The van der Waals surface area contributed by atoms with E-state index in [-0.39, 0.29) is 5.56 Å². The zero-order chi connectivity index (χ0) is 16.2. The lowest BCUT2D eigenvalue weighted by atomic mass is 10.2. The highest BCUT2D eigenvalue weighted by Gasteiger charge is 2.21. The topological polar surface area (TPSA) is 87.2 Å². The summed E-state index contributed by atoms with van der Waals surface area (Å²) in [5.41, 5.74) is 6.63. The summed E-state index contributed by atoms with van der Waals surface area (Å²) >= 11 is 1.47. The van der Waals surface area contributed by atoms with E-state index < -0.39 is 18.5 Å². The second kappa shape index (κ2) is 6.45. The van der Waals surface area contributed by atoms with Crippen LogP contribution in [0.2, 0.25) is 0 Å². The van der Waals surface area contributed by atoms with Crippen LogP contribution in [0.25, 0.3) is 16.3 Å². The third-order valence-electron chi connectivity index (χ3n) is 3.05. The molecule has 0 saturated carbocycles. The molecule has 0 fully saturated rings. The molecular formula is C16H13N3O3S. The molecule has 0 saturated heterocycles. The van der Waals surface area contributed by atoms with E-state index in [0.717, 1.165) is 10.6 Å². The molecule has 3 rings (SSSR count). The van der Waals surface area contributed by atoms with Gasteiger partial charge in [0.2, 0.25) is 0 Å². The number of nitrogens with zero attached hydrogens (tertiary/aromatic N) is 2. The predicted octanol–water partition coefficient (Wildman–Crippen LogP) is 2.24. The Morgan fingerprint density at radius 1 is 1.17 bits per heavy atom. The Bertz CT molecular complexity index is 826. The lowest BCUT2D eigenvalue weighted by Gasteiger charge is -2.01. The molecule has 7 heteroatoms. The zero-order valence-corrected chi connectivity index (χ0v) is 12.8. The van der Waals surface area contributed by atoms with E-state index in [4.69, 9.17) is 10.5 Å². The minimum Gasteiger partial charge on any atom is -0.452 e. The number of para-hydroxylation sites is 1. The molecule has 0 aliphatic rings. The summed E-state index contributed by atoms with van der Waals surface area (Å²) in [5, 5.41) is 6.38. The summed E-state index contributed by atoms with van der Waals surface area (Å²) in [7, 11) is 0. The molecule has 0 unspecified atom stereocenters. The van der Waals surface area contributed by atoms with Gasteiger partial charge in [0.15, 0.2) is 6.61 Å². The molecule has 116 valence electrons. The highest BCUT2D eigenvalue weighted by atomic mass is 32.1. The van der Waals surface area contributed by atoms with Crippen LogP contribution in [0.15, 0.2) is 54.0 Å². The van der Waals surface area contributed by atoms with Crippen LogP contribution >= 0.6 is 11.3 Å². The molecule has 0 atom stereocenters. The van der Waals surface area contributed by atoms with Crippen LogP contribution in [-0.4, -0.2) is 28.3 Å². The Balaban J connectivity index is 2.01. The van der Waals surface area contributed by atoms with Gasteiger partial charge in [0.1, 0.15) is 11.3 Å². The average molecular weight is 327 g/mol. The second-order valence-electron chi connectivity index (χ2n) is 4.69. The van der Waals surface area contributed by atoms with Crippen molar-refractivity contribution in [2.75, 3.05) is 6.61 Å². The van der Waals surface area contributed by atoms with Gasteiger partial charge in [0, 0.05) is 6.20 Å². The molecule has 0 spiro atoms. The molecular weight excluding hydrogens is 314 g/mol. The van der Waals surface area contributed by atoms with Crippen molar-refractivity contribution < 1.29 is 14.3 Å². The summed E-state index contributed by atoms with van der Waals surface area (Å²) in [4.78, 5) is 23.9. The van der Waals surface area contributed by atoms with Crippen molar-refractivity contribution in [2.24, 2.45) is 5.73 Å². The number of hydrogen-bond donors (Lipinski definition) is 1. The van der Waals surface area contributed by atoms with Gasteiger partial charge >= 0.3 is 5.97 Å². The van der Waals surface area contributed by atoms with E-state index in [2.05, 4.69) is 5.10 Å². The highest BCUT2D eigenvalue weighted by Crippen LogP contribution is 2.28. The van der Waals surface area contributed by atoms with E-state index in [1.807, 2.05) is 47.8 Å². The highest BCUT2D eigenvalue weighted by molar-refractivity contribution is 7.13. The molecule has 0 bridgehead atoms. The van der Waals surface area contributed by atoms with Crippen LogP contribution in [0.5, 0.6) is 0 Å². The van der Waals surface area contributed by atoms with Gasteiger partial charge in [-0.1, -0.05) is 24.3 Å². The number of primary amides is 1. The maximum atomic E-state index is 12.2. The maximum Gasteiger partial charge on any atom is 0.342 e. The Labute approximate surface area is 136 Å². The van der Waals surface area contributed by atoms with Gasteiger partial charge in [-0.05, 0) is 23.6 Å². The van der Waals surface area contributed by atoms with E-state index in [0.29, 0.717) is 5.69 Å². The molecule has 0 aliphatic carbocycles. The largest absolute Gasteiger partial charge is 0.452 e. The normalized spacial score (nSPS) is 10.4. The molecule has 3 aromatic rings. The lowest BCUT2D eigenvalue weighted by molar-refractivity contribution is -0.121. The van der Waals surface area contributed by atoms with Crippen molar-refractivity contribution in [3.05, 3.63) is 59.6 Å². The fourth-order valence-corrected chi connectivity index (χ4v) is 2.77. The molecule has 2 N–H and O–H groups in total. The van der Waals surface area contributed by atoms with E-state index in [1.54, 1.807) is 10.9 Å². The Hall–Kier alpha value is -2.93. The van der Waals surface area contributed by atoms with Gasteiger partial charge in [-0.2, -0.15) is 5.10 Å². The summed E-state index contributed by atoms with van der Waals surface area (Å²) in [6, 6.07) is 13.2. The number of rotatable bonds is 5. The van der Waals surface area contributed by atoms with Crippen LogP contribution in [0.4, 0.5) is 0 Å². The van der Waals surface area contributed by atoms with Gasteiger partial charge in [-0.3, -0.25) is 4.79 Å². The monoisotopic (exact) mass is 327 g/mol. The van der Waals surface area contributed by atoms with E-state index >= 15 is 0 Å². The molecule has 2 heterocycles. The number of ether oxygens (including phenoxy) is 1. The first kappa shape index (κ1) is 15.0. The molecule has 2 aromatic heterocycles. The van der Waals surface area contributed by atoms with Crippen molar-refractivity contribution in [3.63, 3.8) is 0 Å². The van der Waals surface area contributed by atoms with Gasteiger partial charge in [0.05, 0.1) is 10.6 Å². The standard InChI is InChI=1S/C16H13N3O3S/c17-14(20)10-22-16(21)12-9-19(11-5-2-1-3-6-11)18-15(12)13-7-4-8-23-13/h1-9H,10H2,(H2,17,20). The third-order valence-corrected chi connectivity index (χ3v) is 3.93. The van der Waals surface area contributed by atoms with Crippen LogP contribution in [0, 0.1) is 0 Å². The van der Waals surface area contributed by atoms with Crippen molar-refractivity contribution in [2.45, 2.75) is 0 Å². The smallest absolute Gasteiger partial charge is 0.342 e. The number of amides is 1. The van der Waals surface area contributed by atoms with Crippen molar-refractivity contribution in [1.29, 1.82) is 0 Å².